The number of rotatable bonds is 4. The molecule has 0 aliphatic heterocycles. The zero-order valence-corrected chi connectivity index (χ0v) is 12.8. The molecule has 0 bridgehead atoms. The molecular weight excluding hydrogens is 286 g/mol. The number of nitrogens with two attached hydrogens (primary N) is 1. The number of H-pyrrole nitrogens is 1. The first-order valence-corrected chi connectivity index (χ1v) is 8.05. The topological polar surface area (TPSA) is 89.6 Å². The summed E-state index contributed by atoms with van der Waals surface area (Å²) in [7, 11) is -1.24. The number of imidazole rings is 1. The third-order valence-electron chi connectivity index (χ3n) is 3.26. The molecule has 110 valence electrons. The maximum Gasteiger partial charge on any atom is 0.197 e. The number of nitrogen functional groups attached to an aromatic ring is 1. The minimum Gasteiger partial charge on any atom is -0.399 e. The number of hydrogen-bond acceptors (Lipinski definition) is 4. The number of fused-ring (bicyclic) bond motifs is 1. The Morgan fingerprint density at radius 2 is 2.19 bits per heavy atom. The van der Waals surface area contributed by atoms with Crippen LogP contribution in [0.2, 0.25) is 0 Å². The number of aromatic amines is 1. The lowest BCUT2D eigenvalue weighted by atomic mass is 10.3. The van der Waals surface area contributed by atoms with Crippen LogP contribution in [0.5, 0.6) is 0 Å². The van der Waals surface area contributed by atoms with Crippen LogP contribution in [0, 0.1) is 6.92 Å². The maximum atomic E-state index is 12.5. The smallest absolute Gasteiger partial charge is 0.197 e. The standard InChI is InChI=1S/C14H17N5OS/c1-3-19-11(6-9(2)18-19)8-21(20)14-16-12-5-4-10(15)7-13(12)17-14/h4-7H,3,8,15H2,1-2H3,(H,16,17). The summed E-state index contributed by atoms with van der Waals surface area (Å²) >= 11 is 0. The van der Waals surface area contributed by atoms with Gasteiger partial charge in [0.2, 0.25) is 0 Å². The highest BCUT2D eigenvalue weighted by atomic mass is 32.2. The van der Waals surface area contributed by atoms with Crippen molar-refractivity contribution in [3.05, 3.63) is 35.7 Å². The lowest BCUT2D eigenvalue weighted by molar-refractivity contribution is 0.626. The van der Waals surface area contributed by atoms with Crippen molar-refractivity contribution < 1.29 is 4.21 Å². The normalized spacial score (nSPS) is 12.9. The second kappa shape index (κ2) is 5.33. The predicted octanol–water partition coefficient (Wildman–Crippen LogP) is 1.98. The van der Waals surface area contributed by atoms with Crippen molar-refractivity contribution in [1.29, 1.82) is 0 Å². The molecular formula is C14H17N5OS. The fourth-order valence-electron chi connectivity index (χ4n) is 2.30. The zero-order valence-electron chi connectivity index (χ0n) is 12.0. The van der Waals surface area contributed by atoms with Gasteiger partial charge in [-0.3, -0.25) is 8.89 Å². The lowest BCUT2D eigenvalue weighted by Crippen LogP contribution is -2.06. The third kappa shape index (κ3) is 2.69. The van der Waals surface area contributed by atoms with Gasteiger partial charge in [-0.2, -0.15) is 5.10 Å². The molecule has 3 rings (SSSR count). The Hall–Kier alpha value is -2.15. The van der Waals surface area contributed by atoms with Gasteiger partial charge in [0, 0.05) is 12.2 Å². The Kier molecular flexibility index (Phi) is 3.50. The molecule has 0 fully saturated rings. The highest BCUT2D eigenvalue weighted by Crippen LogP contribution is 2.18. The van der Waals surface area contributed by atoms with E-state index >= 15 is 0 Å². The molecule has 1 aromatic carbocycles. The molecule has 2 heterocycles. The second-order valence-electron chi connectivity index (χ2n) is 4.90. The molecule has 7 heteroatoms. The van der Waals surface area contributed by atoms with Crippen LogP contribution in [-0.4, -0.2) is 24.0 Å². The van der Waals surface area contributed by atoms with Crippen LogP contribution in [0.1, 0.15) is 18.3 Å². The minimum absolute atomic E-state index is 0.393. The van der Waals surface area contributed by atoms with E-state index in [0.717, 1.165) is 29.0 Å². The van der Waals surface area contributed by atoms with Crippen molar-refractivity contribution in [2.45, 2.75) is 31.3 Å². The van der Waals surface area contributed by atoms with Crippen LogP contribution in [0.4, 0.5) is 5.69 Å². The predicted molar refractivity (Wildman–Crippen MR) is 83.3 cm³/mol. The Balaban J connectivity index is 1.89. The lowest BCUT2D eigenvalue weighted by Gasteiger charge is -2.02. The highest BCUT2D eigenvalue weighted by Gasteiger charge is 2.14. The fraction of sp³-hybridized carbons (Fsp3) is 0.286. The summed E-state index contributed by atoms with van der Waals surface area (Å²) in [5.74, 6) is 0.393. The molecule has 0 aliphatic rings. The number of aryl methyl sites for hydroxylation is 2. The van der Waals surface area contributed by atoms with Gasteiger partial charge in [-0.05, 0) is 38.1 Å². The molecule has 0 saturated carbocycles. The van der Waals surface area contributed by atoms with E-state index in [-0.39, 0.29) is 0 Å². The number of hydrogen-bond donors (Lipinski definition) is 2. The van der Waals surface area contributed by atoms with E-state index in [2.05, 4.69) is 15.1 Å². The van der Waals surface area contributed by atoms with Crippen LogP contribution in [0.15, 0.2) is 29.4 Å². The first-order valence-electron chi connectivity index (χ1n) is 6.73. The van der Waals surface area contributed by atoms with Gasteiger partial charge in [0.05, 0.1) is 39.0 Å². The third-order valence-corrected chi connectivity index (χ3v) is 4.45. The van der Waals surface area contributed by atoms with Gasteiger partial charge in [-0.25, -0.2) is 4.98 Å². The summed E-state index contributed by atoms with van der Waals surface area (Å²) in [5, 5.41) is 4.83. The van der Waals surface area contributed by atoms with E-state index in [0.29, 0.717) is 16.6 Å². The van der Waals surface area contributed by atoms with Gasteiger partial charge < -0.3 is 10.7 Å². The van der Waals surface area contributed by atoms with E-state index in [9.17, 15) is 4.21 Å². The van der Waals surface area contributed by atoms with Gasteiger partial charge in [-0.1, -0.05) is 0 Å². The zero-order chi connectivity index (χ0) is 15.0. The number of benzene rings is 1. The molecule has 3 aromatic rings. The van der Waals surface area contributed by atoms with Gasteiger partial charge in [0.15, 0.2) is 5.16 Å². The van der Waals surface area contributed by atoms with E-state index in [1.807, 2.05) is 30.7 Å². The summed E-state index contributed by atoms with van der Waals surface area (Å²) in [6, 6.07) is 7.36. The summed E-state index contributed by atoms with van der Waals surface area (Å²) in [6.07, 6.45) is 0. The molecule has 1 unspecified atom stereocenters. The average molecular weight is 303 g/mol. The molecule has 0 aliphatic carbocycles. The summed E-state index contributed by atoms with van der Waals surface area (Å²) in [6.45, 7) is 4.71. The monoisotopic (exact) mass is 303 g/mol. The number of nitrogens with zero attached hydrogens (tertiary/aromatic N) is 3. The molecule has 0 amide bonds. The van der Waals surface area contributed by atoms with E-state index < -0.39 is 10.8 Å². The summed E-state index contributed by atoms with van der Waals surface area (Å²) in [5.41, 5.74) is 9.85. The molecule has 21 heavy (non-hydrogen) atoms. The Morgan fingerprint density at radius 1 is 1.38 bits per heavy atom. The summed E-state index contributed by atoms with van der Waals surface area (Å²) < 4.78 is 14.4. The largest absolute Gasteiger partial charge is 0.399 e. The first-order chi connectivity index (χ1) is 10.1. The second-order valence-corrected chi connectivity index (χ2v) is 6.27. The number of nitrogens with one attached hydrogen (secondary N) is 1. The van der Waals surface area contributed by atoms with Crippen molar-refractivity contribution in [2.75, 3.05) is 5.73 Å². The Morgan fingerprint density at radius 3 is 2.95 bits per heavy atom. The van der Waals surface area contributed by atoms with Crippen molar-refractivity contribution in [2.24, 2.45) is 0 Å². The minimum atomic E-state index is -1.24. The molecule has 1 atom stereocenters. The maximum absolute atomic E-state index is 12.5. The summed E-state index contributed by atoms with van der Waals surface area (Å²) in [4.78, 5) is 7.45. The Bertz CT molecular complexity index is 820. The molecule has 0 radical (unpaired) electrons. The first kappa shape index (κ1) is 13.8. The highest BCUT2D eigenvalue weighted by molar-refractivity contribution is 7.84. The van der Waals surface area contributed by atoms with Gasteiger partial charge in [-0.15, -0.1) is 0 Å². The number of aromatic nitrogens is 4. The van der Waals surface area contributed by atoms with E-state index in [4.69, 9.17) is 5.73 Å². The van der Waals surface area contributed by atoms with Crippen LogP contribution in [0.25, 0.3) is 11.0 Å². The molecule has 0 saturated heterocycles. The molecule has 2 aromatic heterocycles. The van der Waals surface area contributed by atoms with Gasteiger partial charge in [0.1, 0.15) is 0 Å². The number of anilines is 1. The average Bonchev–Trinajstić information content (AvgIpc) is 3.01. The molecule has 3 N–H and O–H groups in total. The van der Waals surface area contributed by atoms with Gasteiger partial charge in [0.25, 0.3) is 0 Å². The molecule has 6 nitrogen and oxygen atoms in total. The SMILES string of the molecule is CCn1nc(C)cc1CS(=O)c1nc2ccc(N)cc2[nH]1. The Labute approximate surface area is 124 Å². The van der Waals surface area contributed by atoms with Crippen LogP contribution in [0.3, 0.4) is 0 Å². The van der Waals surface area contributed by atoms with Crippen molar-refractivity contribution in [3.8, 4) is 0 Å². The van der Waals surface area contributed by atoms with Crippen LogP contribution in [-0.2, 0) is 23.1 Å². The van der Waals surface area contributed by atoms with Crippen molar-refractivity contribution in [3.63, 3.8) is 0 Å². The van der Waals surface area contributed by atoms with Crippen molar-refractivity contribution >= 4 is 27.5 Å². The van der Waals surface area contributed by atoms with Crippen LogP contribution < -0.4 is 5.73 Å². The quantitative estimate of drug-likeness (QED) is 0.721. The van der Waals surface area contributed by atoms with E-state index in [1.54, 1.807) is 12.1 Å². The van der Waals surface area contributed by atoms with Gasteiger partial charge >= 0.3 is 0 Å². The molecule has 0 spiro atoms. The van der Waals surface area contributed by atoms with Crippen molar-refractivity contribution in [1.82, 2.24) is 19.7 Å². The van der Waals surface area contributed by atoms with Crippen LogP contribution >= 0.6 is 0 Å². The fourth-order valence-corrected chi connectivity index (χ4v) is 3.37. The van der Waals surface area contributed by atoms with E-state index in [1.165, 1.54) is 0 Å².